The number of rotatable bonds is 4. The molecule has 0 amide bonds. The molecule has 148 valence electrons. The van der Waals surface area contributed by atoms with Crippen LogP contribution in [0.25, 0.3) is 0 Å². The molecule has 4 rings (SSSR count). The smallest absolute Gasteiger partial charge is 0.399 e. The van der Waals surface area contributed by atoms with Crippen LogP contribution in [0.3, 0.4) is 0 Å². The van der Waals surface area contributed by atoms with Crippen LogP contribution in [0.1, 0.15) is 33.5 Å². The van der Waals surface area contributed by atoms with E-state index in [1.807, 2.05) is 12.3 Å². The standard InChI is InChI=1S/C20H28BN5O2/c1-19(2)20(3,4)28-21(27-19)16-6-7-18(24-14-16)26-12-10-25(11-13-26)15-17-22-8-5-9-23-17/h5-9,14H,10-13,15H2,1-4H3. The van der Waals surface area contributed by atoms with Gasteiger partial charge in [-0.2, -0.15) is 0 Å². The topological polar surface area (TPSA) is 63.6 Å². The highest BCUT2D eigenvalue weighted by Crippen LogP contribution is 2.36. The van der Waals surface area contributed by atoms with Gasteiger partial charge in [0.15, 0.2) is 0 Å². The van der Waals surface area contributed by atoms with E-state index in [1.54, 1.807) is 12.4 Å². The molecule has 0 bridgehead atoms. The molecule has 8 heteroatoms. The van der Waals surface area contributed by atoms with Gasteiger partial charge >= 0.3 is 7.12 Å². The summed E-state index contributed by atoms with van der Waals surface area (Å²) in [5.74, 6) is 1.87. The van der Waals surface area contributed by atoms with E-state index in [-0.39, 0.29) is 18.3 Å². The van der Waals surface area contributed by atoms with Gasteiger partial charge in [0.05, 0.1) is 17.7 Å². The maximum atomic E-state index is 6.11. The summed E-state index contributed by atoms with van der Waals surface area (Å²) >= 11 is 0. The molecule has 2 aromatic heterocycles. The molecule has 7 nitrogen and oxygen atoms in total. The van der Waals surface area contributed by atoms with Crippen molar-refractivity contribution in [2.75, 3.05) is 31.1 Å². The quantitative estimate of drug-likeness (QED) is 0.744. The van der Waals surface area contributed by atoms with Gasteiger partial charge in [0.2, 0.25) is 0 Å². The number of aromatic nitrogens is 3. The third-order valence-electron chi connectivity index (χ3n) is 5.98. The van der Waals surface area contributed by atoms with E-state index in [2.05, 4.69) is 64.6 Å². The first-order chi connectivity index (χ1) is 13.3. The highest BCUT2D eigenvalue weighted by Gasteiger charge is 2.51. The molecule has 0 aliphatic carbocycles. The van der Waals surface area contributed by atoms with Gasteiger partial charge in [-0.15, -0.1) is 0 Å². The predicted molar refractivity (Wildman–Crippen MR) is 109 cm³/mol. The van der Waals surface area contributed by atoms with E-state index >= 15 is 0 Å². The van der Waals surface area contributed by atoms with Crippen molar-refractivity contribution in [3.8, 4) is 0 Å². The monoisotopic (exact) mass is 381 g/mol. The number of pyridine rings is 1. The van der Waals surface area contributed by atoms with Crippen molar-refractivity contribution in [3.63, 3.8) is 0 Å². The van der Waals surface area contributed by atoms with Crippen LogP contribution in [0.15, 0.2) is 36.8 Å². The van der Waals surface area contributed by atoms with Gasteiger partial charge < -0.3 is 14.2 Å². The number of hydrogen-bond donors (Lipinski definition) is 0. The third-order valence-corrected chi connectivity index (χ3v) is 5.98. The molecule has 0 unspecified atom stereocenters. The van der Waals surface area contributed by atoms with Crippen LogP contribution in [0.5, 0.6) is 0 Å². The summed E-state index contributed by atoms with van der Waals surface area (Å²) in [7, 11) is -0.366. The average Bonchev–Trinajstić information content (AvgIpc) is 2.91. The highest BCUT2D eigenvalue weighted by molar-refractivity contribution is 6.62. The minimum atomic E-state index is -0.366. The Hall–Kier alpha value is -2.03. The first kappa shape index (κ1) is 19.3. The highest BCUT2D eigenvalue weighted by atomic mass is 16.7. The Kier molecular flexibility index (Phi) is 5.12. The second-order valence-electron chi connectivity index (χ2n) is 8.47. The molecule has 2 aromatic rings. The Morgan fingerprint density at radius 3 is 2.14 bits per heavy atom. The van der Waals surface area contributed by atoms with E-state index in [4.69, 9.17) is 9.31 Å². The second-order valence-corrected chi connectivity index (χ2v) is 8.47. The summed E-state index contributed by atoms with van der Waals surface area (Å²) < 4.78 is 12.2. The van der Waals surface area contributed by atoms with Crippen molar-refractivity contribution < 1.29 is 9.31 Å². The molecule has 2 fully saturated rings. The second kappa shape index (κ2) is 7.42. The van der Waals surface area contributed by atoms with Crippen molar-refractivity contribution in [2.24, 2.45) is 0 Å². The molecule has 0 radical (unpaired) electrons. The Balaban J connectivity index is 1.34. The normalized spacial score (nSPS) is 21.9. The first-order valence-electron chi connectivity index (χ1n) is 9.89. The van der Waals surface area contributed by atoms with Crippen molar-refractivity contribution in [3.05, 3.63) is 42.6 Å². The summed E-state index contributed by atoms with van der Waals surface area (Å²) in [4.78, 5) is 18.0. The number of anilines is 1. The van der Waals surface area contributed by atoms with E-state index in [0.717, 1.165) is 49.8 Å². The van der Waals surface area contributed by atoms with Crippen molar-refractivity contribution >= 4 is 18.4 Å². The molecule has 0 spiro atoms. The van der Waals surface area contributed by atoms with Gasteiger partial charge in [-0.3, -0.25) is 4.90 Å². The fourth-order valence-corrected chi connectivity index (χ4v) is 3.45. The van der Waals surface area contributed by atoms with E-state index in [9.17, 15) is 0 Å². The largest absolute Gasteiger partial charge is 0.496 e. The fraction of sp³-hybridized carbons (Fsp3) is 0.550. The lowest BCUT2D eigenvalue weighted by molar-refractivity contribution is 0.00578. The molecule has 2 aliphatic heterocycles. The lowest BCUT2D eigenvalue weighted by atomic mass is 9.80. The zero-order valence-corrected chi connectivity index (χ0v) is 17.1. The molecule has 2 aliphatic rings. The van der Waals surface area contributed by atoms with Crippen molar-refractivity contribution in [1.82, 2.24) is 19.9 Å². The summed E-state index contributed by atoms with van der Waals surface area (Å²) in [5, 5.41) is 0. The van der Waals surface area contributed by atoms with Gasteiger partial charge in [0.1, 0.15) is 11.6 Å². The number of piperazine rings is 1. The minimum absolute atomic E-state index is 0.338. The fourth-order valence-electron chi connectivity index (χ4n) is 3.45. The van der Waals surface area contributed by atoms with Crippen LogP contribution in [0.2, 0.25) is 0 Å². The molecule has 2 saturated heterocycles. The Morgan fingerprint density at radius 2 is 1.57 bits per heavy atom. The van der Waals surface area contributed by atoms with Crippen LogP contribution >= 0.6 is 0 Å². The zero-order chi connectivity index (χ0) is 19.8. The van der Waals surface area contributed by atoms with Crippen LogP contribution in [-0.2, 0) is 15.9 Å². The average molecular weight is 381 g/mol. The van der Waals surface area contributed by atoms with Crippen LogP contribution in [0, 0.1) is 0 Å². The maximum Gasteiger partial charge on any atom is 0.496 e. The molecule has 0 aromatic carbocycles. The van der Waals surface area contributed by atoms with Crippen LogP contribution < -0.4 is 10.4 Å². The van der Waals surface area contributed by atoms with Crippen LogP contribution in [0.4, 0.5) is 5.82 Å². The van der Waals surface area contributed by atoms with Gasteiger partial charge in [-0.05, 0) is 39.8 Å². The van der Waals surface area contributed by atoms with Crippen molar-refractivity contribution in [1.29, 1.82) is 0 Å². The summed E-state index contributed by atoms with van der Waals surface area (Å²) in [6, 6.07) is 5.98. The van der Waals surface area contributed by atoms with E-state index in [1.165, 1.54) is 0 Å². The van der Waals surface area contributed by atoms with E-state index < -0.39 is 0 Å². The number of hydrogen-bond acceptors (Lipinski definition) is 7. The molecule has 0 atom stereocenters. The molecule has 4 heterocycles. The van der Waals surface area contributed by atoms with Gasteiger partial charge in [0, 0.05) is 50.2 Å². The molecule has 28 heavy (non-hydrogen) atoms. The lowest BCUT2D eigenvalue weighted by Crippen LogP contribution is -2.46. The minimum Gasteiger partial charge on any atom is -0.399 e. The molecule has 0 saturated carbocycles. The predicted octanol–water partition coefficient (Wildman–Crippen LogP) is 1.49. The maximum absolute atomic E-state index is 6.11. The Bertz CT molecular complexity index is 776. The lowest BCUT2D eigenvalue weighted by Gasteiger charge is -2.35. The van der Waals surface area contributed by atoms with Crippen LogP contribution in [-0.4, -0.2) is 64.4 Å². The third kappa shape index (κ3) is 3.90. The first-order valence-corrected chi connectivity index (χ1v) is 9.89. The van der Waals surface area contributed by atoms with Gasteiger partial charge in [-0.25, -0.2) is 15.0 Å². The molecular weight excluding hydrogens is 353 g/mol. The number of nitrogens with zero attached hydrogens (tertiary/aromatic N) is 5. The van der Waals surface area contributed by atoms with E-state index in [0.29, 0.717) is 0 Å². The Morgan fingerprint density at radius 1 is 0.929 bits per heavy atom. The SMILES string of the molecule is CC1(C)OB(c2ccc(N3CCN(Cc4ncccn4)CC3)nc2)OC1(C)C. The molecular formula is C20H28BN5O2. The Labute approximate surface area is 167 Å². The van der Waals surface area contributed by atoms with Crippen molar-refractivity contribution in [2.45, 2.75) is 45.4 Å². The van der Waals surface area contributed by atoms with Gasteiger partial charge in [0.25, 0.3) is 0 Å². The zero-order valence-electron chi connectivity index (χ0n) is 17.1. The summed E-state index contributed by atoms with van der Waals surface area (Å²) in [6.45, 7) is 12.9. The van der Waals surface area contributed by atoms with Gasteiger partial charge in [-0.1, -0.05) is 6.07 Å². The molecule has 0 N–H and O–H groups in total. The summed E-state index contributed by atoms with van der Waals surface area (Å²) in [5.41, 5.74) is 0.284. The summed E-state index contributed by atoms with van der Waals surface area (Å²) in [6.07, 6.45) is 5.47.